The maximum absolute atomic E-state index is 12.5. The first-order valence-corrected chi connectivity index (χ1v) is 7.14. The Hall–Kier alpha value is -1.87. The molecule has 0 aliphatic heterocycles. The average molecular weight is 305 g/mol. The highest BCUT2D eigenvalue weighted by Gasteiger charge is 2.42. The van der Waals surface area contributed by atoms with Crippen LogP contribution in [-0.4, -0.2) is 17.4 Å². The van der Waals surface area contributed by atoms with Gasteiger partial charge in [-0.1, -0.05) is 36.4 Å². The molecule has 0 saturated heterocycles. The van der Waals surface area contributed by atoms with Gasteiger partial charge in [-0.2, -0.15) is 0 Å². The van der Waals surface area contributed by atoms with E-state index in [4.69, 9.17) is 16.3 Å². The van der Waals surface area contributed by atoms with Crippen LogP contribution in [0.15, 0.2) is 48.6 Å². The molecule has 0 amide bonds. The Labute approximate surface area is 129 Å². The van der Waals surface area contributed by atoms with Gasteiger partial charge in [-0.25, -0.2) is 0 Å². The summed E-state index contributed by atoms with van der Waals surface area (Å²) in [7, 11) is 0. The number of esters is 1. The lowest BCUT2D eigenvalue weighted by Crippen LogP contribution is -2.46. The molecule has 0 saturated carbocycles. The highest BCUT2D eigenvalue weighted by Crippen LogP contribution is 2.32. The number of hydrogen-bond donors (Lipinski definition) is 0. The molecule has 1 aliphatic rings. The summed E-state index contributed by atoms with van der Waals surface area (Å²) < 4.78 is 5.42. The van der Waals surface area contributed by atoms with E-state index in [1.807, 2.05) is 12.1 Å². The monoisotopic (exact) mass is 304 g/mol. The summed E-state index contributed by atoms with van der Waals surface area (Å²) >= 11 is 5.87. The predicted molar refractivity (Wildman–Crippen MR) is 82.2 cm³/mol. The number of ether oxygens (including phenoxy) is 1. The molecule has 1 aromatic rings. The summed E-state index contributed by atoms with van der Waals surface area (Å²) in [5.41, 5.74) is 0.662. The second-order valence-electron chi connectivity index (χ2n) is 5.18. The third-order valence-corrected chi connectivity index (χ3v) is 3.84. The van der Waals surface area contributed by atoms with E-state index in [1.54, 1.807) is 18.2 Å². The zero-order valence-electron chi connectivity index (χ0n) is 11.9. The van der Waals surface area contributed by atoms with Crippen LogP contribution >= 0.6 is 11.6 Å². The Balaban J connectivity index is 2.32. The highest BCUT2D eigenvalue weighted by atomic mass is 35.5. The van der Waals surface area contributed by atoms with Crippen molar-refractivity contribution in [3.63, 3.8) is 0 Å². The number of ketones is 1. The van der Waals surface area contributed by atoms with Gasteiger partial charge in [-0.15, -0.1) is 0 Å². The molecule has 1 unspecified atom stereocenters. The first-order chi connectivity index (χ1) is 9.95. The molecule has 0 fully saturated rings. The molecule has 0 heterocycles. The van der Waals surface area contributed by atoms with E-state index in [2.05, 4.69) is 6.58 Å². The van der Waals surface area contributed by atoms with Gasteiger partial charge >= 0.3 is 5.97 Å². The number of rotatable bonds is 4. The van der Waals surface area contributed by atoms with Crippen molar-refractivity contribution in [2.45, 2.75) is 31.8 Å². The van der Waals surface area contributed by atoms with Crippen LogP contribution in [0.1, 0.15) is 25.3 Å². The summed E-state index contributed by atoms with van der Waals surface area (Å²) in [6.45, 7) is 5.00. The molecule has 0 spiro atoms. The summed E-state index contributed by atoms with van der Waals surface area (Å²) in [5.74, 6) is -0.637. The lowest BCUT2D eigenvalue weighted by Gasteiger charge is -2.34. The van der Waals surface area contributed by atoms with Crippen molar-refractivity contribution >= 4 is 23.4 Å². The predicted octanol–water partition coefficient (Wildman–Crippen LogP) is 3.66. The zero-order valence-corrected chi connectivity index (χ0v) is 12.7. The van der Waals surface area contributed by atoms with Gasteiger partial charge in [-0.05, 0) is 42.2 Å². The molecular weight excluding hydrogens is 288 g/mol. The van der Waals surface area contributed by atoms with Crippen LogP contribution < -0.4 is 0 Å². The van der Waals surface area contributed by atoms with E-state index < -0.39 is 11.6 Å². The molecule has 110 valence electrons. The van der Waals surface area contributed by atoms with Gasteiger partial charge in [0.15, 0.2) is 11.4 Å². The van der Waals surface area contributed by atoms with Crippen molar-refractivity contribution in [1.29, 1.82) is 0 Å². The van der Waals surface area contributed by atoms with Crippen molar-refractivity contribution < 1.29 is 14.3 Å². The zero-order chi connectivity index (χ0) is 15.5. The van der Waals surface area contributed by atoms with Gasteiger partial charge in [0.05, 0.1) is 0 Å². The molecule has 0 aromatic heterocycles. The summed E-state index contributed by atoms with van der Waals surface area (Å²) in [5, 5.41) is 0.629. The summed E-state index contributed by atoms with van der Waals surface area (Å²) in [6, 6.07) is 7.20. The van der Waals surface area contributed by atoms with Gasteiger partial charge in [0.2, 0.25) is 0 Å². The Kier molecular flexibility index (Phi) is 4.63. The Bertz CT molecular complexity index is 601. The molecule has 1 atom stereocenters. The lowest BCUT2D eigenvalue weighted by molar-refractivity contribution is -0.165. The van der Waals surface area contributed by atoms with E-state index in [0.29, 0.717) is 24.3 Å². The molecular formula is C17H17ClO3. The fraction of sp³-hybridized carbons (Fsp3) is 0.294. The minimum Gasteiger partial charge on any atom is -0.450 e. The largest absolute Gasteiger partial charge is 0.450 e. The smallest absolute Gasteiger partial charge is 0.303 e. The first kappa shape index (κ1) is 15.5. The van der Waals surface area contributed by atoms with Crippen molar-refractivity contribution in [3.05, 3.63) is 59.2 Å². The number of halogens is 1. The van der Waals surface area contributed by atoms with Crippen LogP contribution in [0.25, 0.3) is 0 Å². The van der Waals surface area contributed by atoms with Gasteiger partial charge in [0, 0.05) is 18.4 Å². The van der Waals surface area contributed by atoms with Crippen LogP contribution in [0.2, 0.25) is 5.02 Å². The van der Waals surface area contributed by atoms with Gasteiger partial charge in [0.25, 0.3) is 0 Å². The number of carbonyl (C=O) groups excluding carboxylic acids is 2. The fourth-order valence-corrected chi connectivity index (χ4v) is 2.65. The number of allylic oxidation sites excluding steroid dienone is 2. The van der Waals surface area contributed by atoms with Crippen molar-refractivity contribution in [2.24, 2.45) is 0 Å². The van der Waals surface area contributed by atoms with Gasteiger partial charge in [-0.3, -0.25) is 9.59 Å². The molecule has 4 heteroatoms. The third kappa shape index (κ3) is 3.61. The van der Waals surface area contributed by atoms with Gasteiger partial charge in [0.1, 0.15) is 0 Å². The summed E-state index contributed by atoms with van der Waals surface area (Å²) in [4.78, 5) is 23.9. The molecule has 0 N–H and O–H groups in total. The minimum absolute atomic E-state index is 0.186. The number of benzene rings is 1. The van der Waals surface area contributed by atoms with E-state index in [0.717, 1.165) is 11.1 Å². The van der Waals surface area contributed by atoms with E-state index in [9.17, 15) is 9.59 Å². The molecule has 1 aromatic carbocycles. The standard InChI is InChI=1S/C17H17ClO3/c1-3-13-8-9-17(16(20)10-13,21-12(2)19)11-14-4-6-15(18)7-5-14/h3-7,10H,1,8-9,11H2,2H3. The second-order valence-corrected chi connectivity index (χ2v) is 5.62. The van der Waals surface area contributed by atoms with Crippen LogP contribution in [0.5, 0.6) is 0 Å². The molecule has 0 bridgehead atoms. The van der Waals surface area contributed by atoms with Crippen LogP contribution in [0.4, 0.5) is 0 Å². The van der Waals surface area contributed by atoms with Gasteiger partial charge < -0.3 is 4.74 Å². The molecule has 3 nitrogen and oxygen atoms in total. The maximum atomic E-state index is 12.5. The van der Waals surface area contributed by atoms with Crippen molar-refractivity contribution in [1.82, 2.24) is 0 Å². The second kappa shape index (κ2) is 6.27. The quantitative estimate of drug-likeness (QED) is 0.797. The molecule has 2 rings (SSSR count). The Morgan fingerprint density at radius 2 is 2.10 bits per heavy atom. The highest BCUT2D eigenvalue weighted by molar-refractivity contribution is 6.30. The fourth-order valence-electron chi connectivity index (χ4n) is 2.52. The first-order valence-electron chi connectivity index (χ1n) is 6.77. The average Bonchev–Trinajstić information content (AvgIpc) is 2.44. The molecule has 0 radical (unpaired) electrons. The Morgan fingerprint density at radius 1 is 1.43 bits per heavy atom. The van der Waals surface area contributed by atoms with Crippen molar-refractivity contribution in [2.75, 3.05) is 0 Å². The van der Waals surface area contributed by atoms with E-state index >= 15 is 0 Å². The van der Waals surface area contributed by atoms with E-state index in [-0.39, 0.29) is 5.78 Å². The van der Waals surface area contributed by atoms with Crippen LogP contribution in [0, 0.1) is 0 Å². The van der Waals surface area contributed by atoms with Crippen LogP contribution in [0.3, 0.4) is 0 Å². The SMILES string of the molecule is C=CC1=CC(=O)C(Cc2ccc(Cl)cc2)(OC(C)=O)CC1. The third-order valence-electron chi connectivity index (χ3n) is 3.59. The molecule has 21 heavy (non-hydrogen) atoms. The van der Waals surface area contributed by atoms with Crippen LogP contribution in [-0.2, 0) is 20.7 Å². The number of carbonyl (C=O) groups is 2. The normalized spacial score (nSPS) is 21.6. The Morgan fingerprint density at radius 3 is 2.62 bits per heavy atom. The minimum atomic E-state index is -1.12. The van der Waals surface area contributed by atoms with Crippen molar-refractivity contribution in [3.8, 4) is 0 Å². The summed E-state index contributed by atoms with van der Waals surface area (Å²) in [6.07, 6.45) is 4.67. The van der Waals surface area contributed by atoms with E-state index in [1.165, 1.54) is 13.0 Å². The number of hydrogen-bond acceptors (Lipinski definition) is 3. The maximum Gasteiger partial charge on any atom is 0.303 e. The topological polar surface area (TPSA) is 43.4 Å². The lowest BCUT2D eigenvalue weighted by atomic mass is 9.80. The molecule has 1 aliphatic carbocycles.